The fourth-order valence-electron chi connectivity index (χ4n) is 1.39. The van der Waals surface area contributed by atoms with Crippen molar-refractivity contribution in [3.8, 4) is 11.5 Å². The molecule has 0 amide bonds. The zero-order valence-electron chi connectivity index (χ0n) is 10.5. The second-order valence-electron chi connectivity index (χ2n) is 4.43. The van der Waals surface area contributed by atoms with Gasteiger partial charge in [-0.1, -0.05) is 19.0 Å². The van der Waals surface area contributed by atoms with E-state index in [9.17, 15) is 0 Å². The Kier molecular flexibility index (Phi) is 4.19. The number of thioether (sulfide) groups is 1. The quantitative estimate of drug-likeness (QED) is 0.894. The summed E-state index contributed by atoms with van der Waals surface area (Å²) in [6.45, 7) is 4.38. The predicted molar refractivity (Wildman–Crippen MR) is 72.9 cm³/mol. The van der Waals surface area contributed by atoms with Gasteiger partial charge in [0.1, 0.15) is 0 Å². The minimum Gasteiger partial charge on any atom is -0.397 e. The van der Waals surface area contributed by atoms with E-state index in [0.717, 1.165) is 17.1 Å². The lowest BCUT2D eigenvalue weighted by atomic mass is 10.2. The molecule has 0 aliphatic heterocycles. The average molecular weight is 264 g/mol. The zero-order chi connectivity index (χ0) is 13.0. The van der Waals surface area contributed by atoms with Crippen molar-refractivity contribution in [2.45, 2.75) is 19.6 Å². The van der Waals surface area contributed by atoms with E-state index in [0.29, 0.717) is 23.3 Å². The van der Waals surface area contributed by atoms with Crippen molar-refractivity contribution < 1.29 is 4.52 Å². The summed E-state index contributed by atoms with van der Waals surface area (Å²) in [6.07, 6.45) is 3.24. The average Bonchev–Trinajstić information content (AvgIpc) is 2.77. The summed E-state index contributed by atoms with van der Waals surface area (Å²) in [6, 6.07) is 1.77. The number of pyridine rings is 1. The first-order valence-electron chi connectivity index (χ1n) is 5.76. The van der Waals surface area contributed by atoms with Gasteiger partial charge in [-0.05, 0) is 17.7 Å². The van der Waals surface area contributed by atoms with Crippen LogP contribution in [0, 0.1) is 5.92 Å². The molecule has 0 bridgehead atoms. The summed E-state index contributed by atoms with van der Waals surface area (Å²) in [4.78, 5) is 8.32. The van der Waals surface area contributed by atoms with E-state index in [1.165, 1.54) is 0 Å². The summed E-state index contributed by atoms with van der Waals surface area (Å²) < 4.78 is 5.19. The van der Waals surface area contributed by atoms with Crippen LogP contribution < -0.4 is 5.73 Å². The molecule has 2 aromatic rings. The molecule has 0 aromatic carbocycles. The number of anilines is 1. The van der Waals surface area contributed by atoms with Crippen LogP contribution in [-0.2, 0) is 5.75 Å². The molecule has 0 aliphatic rings. The van der Waals surface area contributed by atoms with Crippen molar-refractivity contribution in [3.05, 3.63) is 24.3 Å². The van der Waals surface area contributed by atoms with Crippen LogP contribution in [0.15, 0.2) is 23.0 Å². The Hall–Kier alpha value is -1.56. The van der Waals surface area contributed by atoms with E-state index in [-0.39, 0.29) is 0 Å². The lowest BCUT2D eigenvalue weighted by Gasteiger charge is -2.00. The van der Waals surface area contributed by atoms with Crippen LogP contribution in [-0.4, -0.2) is 20.9 Å². The van der Waals surface area contributed by atoms with Gasteiger partial charge in [-0.15, -0.1) is 0 Å². The van der Waals surface area contributed by atoms with Gasteiger partial charge >= 0.3 is 0 Å². The summed E-state index contributed by atoms with van der Waals surface area (Å²) in [5, 5.41) is 3.94. The molecule has 0 radical (unpaired) electrons. The lowest BCUT2D eigenvalue weighted by Crippen LogP contribution is -1.92. The molecule has 6 heteroatoms. The number of hydrogen-bond donors (Lipinski definition) is 1. The van der Waals surface area contributed by atoms with Gasteiger partial charge in [0.2, 0.25) is 0 Å². The fourth-order valence-corrected chi connectivity index (χ4v) is 2.28. The molecule has 0 fully saturated rings. The predicted octanol–water partition coefficient (Wildman–Crippen LogP) is 2.60. The normalized spacial score (nSPS) is 11.1. The Morgan fingerprint density at radius 1 is 1.39 bits per heavy atom. The van der Waals surface area contributed by atoms with E-state index < -0.39 is 0 Å². The molecule has 2 N–H and O–H groups in total. The molecule has 0 saturated heterocycles. The Balaban J connectivity index is 2.02. The minimum atomic E-state index is 0.468. The van der Waals surface area contributed by atoms with Crippen molar-refractivity contribution in [3.63, 3.8) is 0 Å². The van der Waals surface area contributed by atoms with Crippen LogP contribution >= 0.6 is 11.8 Å². The van der Waals surface area contributed by atoms with Crippen LogP contribution in [0.4, 0.5) is 5.69 Å². The van der Waals surface area contributed by atoms with Crippen LogP contribution in [0.25, 0.3) is 11.5 Å². The van der Waals surface area contributed by atoms with E-state index in [1.807, 2.05) is 0 Å². The highest BCUT2D eigenvalue weighted by Crippen LogP contribution is 2.20. The molecule has 2 heterocycles. The molecule has 5 nitrogen and oxygen atoms in total. The van der Waals surface area contributed by atoms with Gasteiger partial charge in [0.05, 0.1) is 17.0 Å². The highest BCUT2D eigenvalue weighted by molar-refractivity contribution is 7.98. The Morgan fingerprint density at radius 2 is 2.22 bits per heavy atom. The van der Waals surface area contributed by atoms with E-state index >= 15 is 0 Å². The highest BCUT2D eigenvalue weighted by Gasteiger charge is 2.09. The molecule has 2 aromatic heterocycles. The van der Waals surface area contributed by atoms with Crippen molar-refractivity contribution in [1.29, 1.82) is 0 Å². The smallest absolute Gasteiger partial charge is 0.259 e. The Labute approximate surface area is 110 Å². The van der Waals surface area contributed by atoms with Gasteiger partial charge in [0.25, 0.3) is 5.89 Å². The molecule has 0 atom stereocenters. The van der Waals surface area contributed by atoms with E-state index in [2.05, 4.69) is 29.0 Å². The third-order valence-corrected chi connectivity index (χ3v) is 3.52. The molecule has 0 saturated carbocycles. The first kappa shape index (κ1) is 12.9. The Morgan fingerprint density at radius 3 is 2.94 bits per heavy atom. The van der Waals surface area contributed by atoms with Gasteiger partial charge in [-0.3, -0.25) is 4.98 Å². The number of hydrogen-bond acceptors (Lipinski definition) is 6. The number of rotatable bonds is 5. The summed E-state index contributed by atoms with van der Waals surface area (Å²) in [5.74, 6) is 3.69. The van der Waals surface area contributed by atoms with Crippen LogP contribution in [0.3, 0.4) is 0 Å². The molecule has 0 spiro atoms. The molecule has 2 rings (SSSR count). The van der Waals surface area contributed by atoms with Gasteiger partial charge in [-0.2, -0.15) is 16.7 Å². The van der Waals surface area contributed by atoms with Gasteiger partial charge in [0, 0.05) is 12.4 Å². The summed E-state index contributed by atoms with van der Waals surface area (Å²) in [5.41, 5.74) is 7.00. The van der Waals surface area contributed by atoms with Gasteiger partial charge in [0.15, 0.2) is 5.82 Å². The number of aromatic nitrogens is 3. The number of nitrogens with zero attached hydrogens (tertiary/aromatic N) is 3. The van der Waals surface area contributed by atoms with Crippen molar-refractivity contribution in [2.75, 3.05) is 11.5 Å². The summed E-state index contributed by atoms with van der Waals surface area (Å²) in [7, 11) is 0. The maximum absolute atomic E-state index is 5.66. The topological polar surface area (TPSA) is 77.8 Å². The lowest BCUT2D eigenvalue weighted by molar-refractivity contribution is 0.425. The number of nitrogens with two attached hydrogens (primary N) is 1. The molecule has 18 heavy (non-hydrogen) atoms. The summed E-state index contributed by atoms with van der Waals surface area (Å²) >= 11 is 1.80. The third-order valence-electron chi connectivity index (χ3n) is 2.16. The molecule has 0 aliphatic carbocycles. The second-order valence-corrected chi connectivity index (χ2v) is 5.46. The van der Waals surface area contributed by atoms with Crippen molar-refractivity contribution >= 4 is 17.4 Å². The van der Waals surface area contributed by atoms with E-state index in [1.54, 1.807) is 30.2 Å². The monoisotopic (exact) mass is 264 g/mol. The van der Waals surface area contributed by atoms with Crippen LogP contribution in [0.2, 0.25) is 0 Å². The first-order chi connectivity index (χ1) is 8.65. The van der Waals surface area contributed by atoms with Gasteiger partial charge in [-0.25, -0.2) is 0 Å². The third kappa shape index (κ3) is 3.46. The van der Waals surface area contributed by atoms with Gasteiger partial charge < -0.3 is 10.3 Å². The highest BCUT2D eigenvalue weighted by atomic mass is 32.2. The van der Waals surface area contributed by atoms with Crippen LogP contribution in [0.5, 0.6) is 0 Å². The Bertz CT molecular complexity index is 512. The first-order valence-corrected chi connectivity index (χ1v) is 6.92. The van der Waals surface area contributed by atoms with E-state index in [4.69, 9.17) is 10.3 Å². The standard InChI is InChI=1S/C12H16N4OS/c1-8(2)6-18-7-11-15-12(17-16-11)9-3-10(13)5-14-4-9/h3-5,8H,6-7,13H2,1-2H3. The second kappa shape index (κ2) is 5.86. The molecular weight excluding hydrogens is 248 g/mol. The fraction of sp³-hybridized carbons (Fsp3) is 0.417. The largest absolute Gasteiger partial charge is 0.397 e. The van der Waals surface area contributed by atoms with Crippen molar-refractivity contribution in [2.24, 2.45) is 5.92 Å². The SMILES string of the molecule is CC(C)CSCc1noc(-c2cncc(N)c2)n1. The zero-order valence-corrected chi connectivity index (χ0v) is 11.3. The minimum absolute atomic E-state index is 0.468. The molecule has 96 valence electrons. The van der Waals surface area contributed by atoms with Crippen molar-refractivity contribution in [1.82, 2.24) is 15.1 Å². The molecule has 0 unspecified atom stereocenters. The van der Waals surface area contributed by atoms with Crippen LogP contribution in [0.1, 0.15) is 19.7 Å². The maximum Gasteiger partial charge on any atom is 0.259 e. The number of nitrogen functional groups attached to an aromatic ring is 1. The molecular formula is C12H16N4OS. The maximum atomic E-state index is 5.66.